The van der Waals surface area contributed by atoms with Gasteiger partial charge in [-0.3, -0.25) is 4.79 Å². The van der Waals surface area contributed by atoms with Crippen LogP contribution in [0.1, 0.15) is 24.5 Å². The Bertz CT molecular complexity index is 489. The second-order valence-corrected chi connectivity index (χ2v) is 4.76. The lowest BCUT2D eigenvalue weighted by atomic mass is 10.1. The molecule has 0 aliphatic rings. The minimum Gasteiger partial charge on any atom is -0.395 e. The van der Waals surface area contributed by atoms with Crippen LogP contribution < -0.4 is 11.5 Å². The third-order valence-corrected chi connectivity index (χ3v) is 2.99. The molecule has 0 aliphatic heterocycles. The molecule has 0 saturated heterocycles. The molecule has 5 heteroatoms. The molecule has 0 fully saturated rings. The van der Waals surface area contributed by atoms with Gasteiger partial charge >= 0.3 is 0 Å². The van der Waals surface area contributed by atoms with Gasteiger partial charge in [-0.1, -0.05) is 23.6 Å². The number of nitrogens with zero attached hydrogens (tertiary/aromatic N) is 1. The van der Waals surface area contributed by atoms with Crippen molar-refractivity contribution < 1.29 is 4.79 Å². The van der Waals surface area contributed by atoms with Crippen LogP contribution in [0.25, 0.3) is 0 Å². The van der Waals surface area contributed by atoms with Gasteiger partial charge in [0.1, 0.15) is 5.82 Å². The van der Waals surface area contributed by atoms with Gasteiger partial charge in [-0.2, -0.15) is 0 Å². The fourth-order valence-electron chi connectivity index (χ4n) is 1.17. The maximum Gasteiger partial charge on any atom is 0.185 e. The number of hydrogen-bond donors (Lipinski definition) is 2. The number of pyridine rings is 1. The van der Waals surface area contributed by atoms with E-state index < -0.39 is 0 Å². The van der Waals surface area contributed by atoms with Crippen molar-refractivity contribution in [1.29, 1.82) is 0 Å². The molecule has 0 aliphatic carbocycles. The maximum atomic E-state index is 10.7. The van der Waals surface area contributed by atoms with Crippen LogP contribution in [0, 0.1) is 18.8 Å². The fraction of sp³-hybridized carbons (Fsp3) is 0.333. The van der Waals surface area contributed by atoms with Crippen molar-refractivity contribution in [3.05, 3.63) is 17.3 Å². The zero-order chi connectivity index (χ0) is 12.8. The van der Waals surface area contributed by atoms with E-state index >= 15 is 0 Å². The van der Waals surface area contributed by atoms with Crippen LogP contribution >= 0.6 is 11.8 Å². The first-order chi connectivity index (χ1) is 8.02. The molecule has 1 heterocycles. The van der Waals surface area contributed by atoms with Crippen LogP contribution in [0.4, 0.5) is 11.5 Å². The highest BCUT2D eigenvalue weighted by Crippen LogP contribution is 2.19. The topological polar surface area (TPSA) is 82.0 Å². The minimum atomic E-state index is 0.112. The summed E-state index contributed by atoms with van der Waals surface area (Å²) in [5.74, 6) is 7.01. The number of rotatable bonds is 2. The van der Waals surface area contributed by atoms with Crippen molar-refractivity contribution in [1.82, 2.24) is 4.98 Å². The highest BCUT2D eigenvalue weighted by atomic mass is 32.2. The fourth-order valence-corrected chi connectivity index (χ4v) is 1.66. The molecule has 1 aromatic heterocycles. The van der Waals surface area contributed by atoms with Gasteiger partial charge in [0.05, 0.1) is 5.69 Å². The van der Waals surface area contributed by atoms with Crippen LogP contribution in [0.5, 0.6) is 0 Å². The molecular weight excluding hydrogens is 234 g/mol. The normalized spacial score (nSPS) is 9.53. The number of hydrogen-bond acceptors (Lipinski definition) is 5. The van der Waals surface area contributed by atoms with E-state index in [2.05, 4.69) is 16.8 Å². The first kappa shape index (κ1) is 13.4. The molecule has 4 nitrogen and oxygen atoms in total. The summed E-state index contributed by atoms with van der Waals surface area (Å²) in [6.07, 6.45) is 2.28. The van der Waals surface area contributed by atoms with E-state index in [0.717, 1.165) is 11.1 Å². The molecular formula is C12H15N3OS. The third kappa shape index (κ3) is 4.00. The van der Waals surface area contributed by atoms with Crippen molar-refractivity contribution in [3.63, 3.8) is 0 Å². The molecule has 17 heavy (non-hydrogen) atoms. The molecule has 0 aromatic carbocycles. The summed E-state index contributed by atoms with van der Waals surface area (Å²) in [7, 11) is 0. The van der Waals surface area contributed by atoms with E-state index in [1.54, 1.807) is 13.1 Å². The summed E-state index contributed by atoms with van der Waals surface area (Å²) in [6.45, 7) is 3.41. The highest BCUT2D eigenvalue weighted by molar-refractivity contribution is 8.13. The molecule has 4 N–H and O–H groups in total. The number of nitrogen functional groups attached to an aromatic ring is 2. The van der Waals surface area contributed by atoms with Gasteiger partial charge < -0.3 is 11.5 Å². The Balaban J connectivity index is 2.66. The first-order valence-electron chi connectivity index (χ1n) is 5.15. The average molecular weight is 249 g/mol. The van der Waals surface area contributed by atoms with Crippen LogP contribution in [-0.4, -0.2) is 15.9 Å². The lowest BCUT2D eigenvalue weighted by molar-refractivity contribution is -0.109. The molecule has 0 bridgehead atoms. The van der Waals surface area contributed by atoms with Gasteiger partial charge in [0.2, 0.25) is 0 Å². The molecule has 0 spiro atoms. The highest BCUT2D eigenvalue weighted by Gasteiger charge is 2.03. The zero-order valence-corrected chi connectivity index (χ0v) is 10.7. The summed E-state index contributed by atoms with van der Waals surface area (Å²) in [6, 6.07) is 0. The van der Waals surface area contributed by atoms with E-state index in [-0.39, 0.29) is 5.12 Å². The first-order valence-corrected chi connectivity index (χ1v) is 6.13. The van der Waals surface area contributed by atoms with Crippen LogP contribution in [0.3, 0.4) is 0 Å². The standard InChI is InChI=1S/C12H15N3OS/c1-8-10(7-15-12(14)11(8)13)5-3-4-6-17-9(2)16/h7H,4,6,13H2,1-2H3,(H2,14,15). The van der Waals surface area contributed by atoms with Crippen LogP contribution in [0.15, 0.2) is 6.20 Å². The number of nitrogens with two attached hydrogens (primary N) is 2. The van der Waals surface area contributed by atoms with Gasteiger partial charge in [-0.25, -0.2) is 4.98 Å². The van der Waals surface area contributed by atoms with Gasteiger partial charge in [0, 0.05) is 30.9 Å². The summed E-state index contributed by atoms with van der Waals surface area (Å²) in [5.41, 5.74) is 13.4. The number of anilines is 2. The summed E-state index contributed by atoms with van der Waals surface area (Å²) in [5, 5.41) is 0.112. The van der Waals surface area contributed by atoms with Gasteiger partial charge in [0.25, 0.3) is 0 Å². The monoisotopic (exact) mass is 249 g/mol. The quantitative estimate of drug-likeness (QED) is 0.614. The van der Waals surface area contributed by atoms with Gasteiger partial charge in [-0.05, 0) is 12.5 Å². The second kappa shape index (κ2) is 6.16. The molecule has 90 valence electrons. The van der Waals surface area contributed by atoms with Crippen molar-refractivity contribution in [3.8, 4) is 11.8 Å². The van der Waals surface area contributed by atoms with E-state index in [9.17, 15) is 4.79 Å². The van der Waals surface area contributed by atoms with Gasteiger partial charge in [0.15, 0.2) is 5.12 Å². The Kier molecular flexibility index (Phi) is 4.85. The SMILES string of the molecule is CC(=O)SCCC#Cc1cnc(N)c(N)c1C. The smallest absolute Gasteiger partial charge is 0.185 e. The Morgan fingerprint density at radius 3 is 2.88 bits per heavy atom. The van der Waals surface area contributed by atoms with E-state index in [4.69, 9.17) is 11.5 Å². The Morgan fingerprint density at radius 2 is 2.24 bits per heavy atom. The number of carbonyl (C=O) groups excluding carboxylic acids is 1. The molecule has 0 atom stereocenters. The lowest BCUT2D eigenvalue weighted by Gasteiger charge is -2.04. The van der Waals surface area contributed by atoms with Crippen LogP contribution in [0.2, 0.25) is 0 Å². The average Bonchev–Trinajstić information content (AvgIpc) is 2.28. The van der Waals surface area contributed by atoms with E-state index in [0.29, 0.717) is 23.7 Å². The van der Waals surface area contributed by atoms with E-state index in [1.807, 2.05) is 6.92 Å². The predicted molar refractivity (Wildman–Crippen MR) is 72.4 cm³/mol. The number of carbonyl (C=O) groups is 1. The van der Waals surface area contributed by atoms with Gasteiger partial charge in [-0.15, -0.1) is 0 Å². The number of aromatic nitrogens is 1. The third-order valence-electron chi connectivity index (χ3n) is 2.17. The molecule has 0 radical (unpaired) electrons. The summed E-state index contributed by atoms with van der Waals surface area (Å²) >= 11 is 1.27. The Morgan fingerprint density at radius 1 is 1.53 bits per heavy atom. The molecule has 1 rings (SSSR count). The minimum absolute atomic E-state index is 0.112. The molecule has 0 saturated carbocycles. The summed E-state index contributed by atoms with van der Waals surface area (Å²) in [4.78, 5) is 14.6. The predicted octanol–water partition coefficient (Wildman–Crippen LogP) is 1.58. The summed E-state index contributed by atoms with van der Waals surface area (Å²) < 4.78 is 0. The van der Waals surface area contributed by atoms with E-state index in [1.165, 1.54) is 11.8 Å². The maximum absolute atomic E-state index is 10.7. The lowest BCUT2D eigenvalue weighted by Crippen LogP contribution is -2.01. The number of thioether (sulfide) groups is 1. The Hall–Kier alpha value is -1.67. The van der Waals surface area contributed by atoms with Crippen molar-refractivity contribution in [2.75, 3.05) is 17.2 Å². The Labute approximate surface area is 105 Å². The van der Waals surface area contributed by atoms with Crippen molar-refractivity contribution in [2.45, 2.75) is 20.3 Å². The van der Waals surface area contributed by atoms with Crippen molar-refractivity contribution in [2.24, 2.45) is 0 Å². The van der Waals surface area contributed by atoms with Crippen LogP contribution in [-0.2, 0) is 4.79 Å². The zero-order valence-electron chi connectivity index (χ0n) is 9.91. The molecule has 0 unspecified atom stereocenters. The molecule has 1 aromatic rings. The second-order valence-electron chi connectivity index (χ2n) is 3.49. The van der Waals surface area contributed by atoms with Crippen molar-refractivity contribution >= 4 is 28.4 Å². The largest absolute Gasteiger partial charge is 0.395 e. The molecule has 0 amide bonds.